The van der Waals surface area contributed by atoms with E-state index in [0.717, 1.165) is 10.6 Å². The Balaban J connectivity index is 1.92. The first-order valence-electron chi connectivity index (χ1n) is 6.93. The number of allylic oxidation sites excluding steroid dienone is 1. The molecule has 1 atom stereocenters. The van der Waals surface area contributed by atoms with Gasteiger partial charge in [0, 0.05) is 21.3 Å². The van der Waals surface area contributed by atoms with Crippen molar-refractivity contribution in [3.63, 3.8) is 0 Å². The lowest BCUT2D eigenvalue weighted by Gasteiger charge is -2.29. The third-order valence-electron chi connectivity index (χ3n) is 3.42. The van der Waals surface area contributed by atoms with Crippen molar-refractivity contribution >= 4 is 51.9 Å². The fourth-order valence-electron chi connectivity index (χ4n) is 2.43. The molecular formula is C16H14ClN3OS2. The van der Waals surface area contributed by atoms with Crippen LogP contribution >= 0.6 is 35.2 Å². The maximum atomic E-state index is 12.8. The lowest BCUT2D eigenvalue weighted by Crippen LogP contribution is -2.45. The largest absolute Gasteiger partial charge is 0.350 e. The second kappa shape index (κ2) is 6.70. The number of halogens is 1. The van der Waals surface area contributed by atoms with Crippen LogP contribution < -0.4 is 16.0 Å². The van der Waals surface area contributed by atoms with Crippen LogP contribution in [0.4, 0.5) is 5.69 Å². The van der Waals surface area contributed by atoms with Crippen LogP contribution in [0.2, 0.25) is 5.02 Å². The second-order valence-electron chi connectivity index (χ2n) is 5.05. The molecular weight excluding hydrogens is 350 g/mol. The van der Waals surface area contributed by atoms with Gasteiger partial charge in [-0.3, -0.25) is 4.79 Å². The van der Waals surface area contributed by atoms with E-state index in [0.29, 0.717) is 21.4 Å². The van der Waals surface area contributed by atoms with E-state index in [1.807, 2.05) is 24.4 Å². The van der Waals surface area contributed by atoms with Crippen LogP contribution in [0.1, 0.15) is 17.8 Å². The topological polar surface area (TPSA) is 53.2 Å². The summed E-state index contributed by atoms with van der Waals surface area (Å²) < 4.78 is 0. The summed E-state index contributed by atoms with van der Waals surface area (Å²) in [7, 11) is 0. The van der Waals surface area contributed by atoms with E-state index >= 15 is 0 Å². The van der Waals surface area contributed by atoms with Gasteiger partial charge in [0.2, 0.25) is 0 Å². The number of hydrogen-bond donors (Lipinski definition) is 3. The molecule has 2 heterocycles. The lowest BCUT2D eigenvalue weighted by atomic mass is 10.0. The summed E-state index contributed by atoms with van der Waals surface area (Å²) in [6.45, 7) is 1.85. The molecule has 0 saturated carbocycles. The van der Waals surface area contributed by atoms with Gasteiger partial charge in [0.25, 0.3) is 5.91 Å². The molecule has 0 fully saturated rings. The fraction of sp³-hybridized carbons (Fsp3) is 0.125. The Bertz CT molecular complexity index is 786. The van der Waals surface area contributed by atoms with Crippen LogP contribution in [-0.4, -0.2) is 11.0 Å². The van der Waals surface area contributed by atoms with Crippen molar-refractivity contribution in [2.45, 2.75) is 13.0 Å². The summed E-state index contributed by atoms with van der Waals surface area (Å²) in [5.74, 6) is -0.189. The van der Waals surface area contributed by atoms with Crippen molar-refractivity contribution in [1.82, 2.24) is 10.6 Å². The Kier molecular flexibility index (Phi) is 4.66. The maximum absolute atomic E-state index is 12.8. The molecule has 0 saturated heterocycles. The van der Waals surface area contributed by atoms with Crippen LogP contribution in [0.3, 0.4) is 0 Å². The van der Waals surface area contributed by atoms with Gasteiger partial charge in [-0.2, -0.15) is 0 Å². The molecule has 1 aliphatic rings. The first-order chi connectivity index (χ1) is 11.0. The molecule has 0 bridgehead atoms. The number of amides is 1. The highest BCUT2D eigenvalue weighted by Gasteiger charge is 2.30. The van der Waals surface area contributed by atoms with Crippen LogP contribution in [0, 0.1) is 0 Å². The summed E-state index contributed by atoms with van der Waals surface area (Å²) in [6.07, 6.45) is 0. The number of hydrogen-bond acceptors (Lipinski definition) is 3. The van der Waals surface area contributed by atoms with E-state index in [-0.39, 0.29) is 11.9 Å². The maximum Gasteiger partial charge on any atom is 0.255 e. The summed E-state index contributed by atoms with van der Waals surface area (Å²) in [4.78, 5) is 13.8. The molecule has 1 aromatic heterocycles. The smallest absolute Gasteiger partial charge is 0.255 e. The van der Waals surface area contributed by atoms with Gasteiger partial charge in [0.15, 0.2) is 5.11 Å². The molecule has 1 aliphatic heterocycles. The van der Waals surface area contributed by atoms with Crippen molar-refractivity contribution < 1.29 is 4.79 Å². The number of rotatable bonds is 3. The van der Waals surface area contributed by atoms with Gasteiger partial charge in [-0.05, 0) is 48.8 Å². The predicted molar refractivity (Wildman–Crippen MR) is 98.7 cm³/mol. The zero-order valence-corrected chi connectivity index (χ0v) is 14.6. The Morgan fingerprint density at radius 3 is 2.87 bits per heavy atom. The number of nitrogens with one attached hydrogen (secondary N) is 3. The first kappa shape index (κ1) is 16.0. The van der Waals surface area contributed by atoms with Gasteiger partial charge in [0.05, 0.1) is 11.6 Å². The molecule has 118 valence electrons. The second-order valence-corrected chi connectivity index (χ2v) is 6.87. The van der Waals surface area contributed by atoms with Crippen LogP contribution in [-0.2, 0) is 4.79 Å². The molecule has 2 aromatic rings. The molecule has 0 radical (unpaired) electrons. The molecule has 7 heteroatoms. The first-order valence-corrected chi connectivity index (χ1v) is 8.60. The third-order valence-corrected chi connectivity index (χ3v) is 4.82. The highest BCUT2D eigenvalue weighted by atomic mass is 35.5. The number of benzene rings is 1. The minimum Gasteiger partial charge on any atom is -0.350 e. The lowest BCUT2D eigenvalue weighted by molar-refractivity contribution is -0.113. The summed E-state index contributed by atoms with van der Waals surface area (Å²) in [6, 6.07) is 10.7. The summed E-state index contributed by atoms with van der Waals surface area (Å²) >= 11 is 12.8. The van der Waals surface area contributed by atoms with Crippen LogP contribution in [0.15, 0.2) is 53.0 Å². The molecule has 0 aliphatic carbocycles. The number of carbonyl (C=O) groups is 1. The molecule has 1 unspecified atom stereocenters. The monoisotopic (exact) mass is 363 g/mol. The van der Waals surface area contributed by atoms with Crippen molar-refractivity contribution in [3.05, 3.63) is 62.9 Å². The van der Waals surface area contributed by atoms with Crippen molar-refractivity contribution in [3.8, 4) is 0 Å². The van der Waals surface area contributed by atoms with Gasteiger partial charge in [-0.1, -0.05) is 23.7 Å². The van der Waals surface area contributed by atoms with Crippen molar-refractivity contribution in [1.29, 1.82) is 0 Å². The van der Waals surface area contributed by atoms with Gasteiger partial charge in [-0.25, -0.2) is 0 Å². The SMILES string of the molecule is CC1=C(C(=O)Nc2cccc(Cl)c2)C(c2cccs2)NC(=S)N1. The zero-order valence-electron chi connectivity index (χ0n) is 12.2. The number of thiophene rings is 1. The van der Waals surface area contributed by atoms with E-state index in [4.69, 9.17) is 23.8 Å². The van der Waals surface area contributed by atoms with E-state index < -0.39 is 0 Å². The van der Waals surface area contributed by atoms with Gasteiger partial charge in [-0.15, -0.1) is 11.3 Å². The Morgan fingerprint density at radius 1 is 1.35 bits per heavy atom. The summed E-state index contributed by atoms with van der Waals surface area (Å²) in [5, 5.41) is 12.1. The highest BCUT2D eigenvalue weighted by molar-refractivity contribution is 7.80. The summed E-state index contributed by atoms with van der Waals surface area (Å²) in [5.41, 5.74) is 2.01. The minimum atomic E-state index is -0.261. The highest BCUT2D eigenvalue weighted by Crippen LogP contribution is 2.30. The standard InChI is InChI=1S/C16H14ClN3OS2/c1-9-13(15(21)19-11-5-2-4-10(17)8-11)14(20-16(22)18-9)12-6-3-7-23-12/h2-8,14H,1H3,(H,19,21)(H2,18,20,22). The Hall–Kier alpha value is -1.89. The number of thiocarbonyl (C=S) groups is 1. The normalized spacial score (nSPS) is 17.5. The molecule has 1 aromatic carbocycles. The van der Waals surface area contributed by atoms with Gasteiger partial charge in [0.1, 0.15) is 0 Å². The van der Waals surface area contributed by atoms with Gasteiger partial charge >= 0.3 is 0 Å². The number of anilines is 1. The Morgan fingerprint density at radius 2 is 2.17 bits per heavy atom. The van der Waals surface area contributed by atoms with E-state index in [1.54, 1.807) is 35.6 Å². The van der Waals surface area contributed by atoms with E-state index in [9.17, 15) is 4.79 Å². The minimum absolute atomic E-state index is 0.189. The van der Waals surface area contributed by atoms with Crippen LogP contribution in [0.5, 0.6) is 0 Å². The molecule has 0 spiro atoms. The molecule has 23 heavy (non-hydrogen) atoms. The Labute approximate surface area is 148 Å². The third kappa shape index (κ3) is 3.55. The average molecular weight is 364 g/mol. The van der Waals surface area contributed by atoms with E-state index in [2.05, 4.69) is 16.0 Å². The zero-order chi connectivity index (χ0) is 16.4. The molecule has 1 amide bonds. The van der Waals surface area contributed by atoms with E-state index in [1.165, 1.54) is 0 Å². The fourth-order valence-corrected chi connectivity index (χ4v) is 3.67. The molecule has 3 N–H and O–H groups in total. The quantitative estimate of drug-likeness (QED) is 0.725. The molecule has 4 nitrogen and oxygen atoms in total. The average Bonchev–Trinajstić information content (AvgIpc) is 3.00. The van der Waals surface area contributed by atoms with Crippen molar-refractivity contribution in [2.24, 2.45) is 0 Å². The van der Waals surface area contributed by atoms with Crippen LogP contribution in [0.25, 0.3) is 0 Å². The predicted octanol–water partition coefficient (Wildman–Crippen LogP) is 3.83. The van der Waals surface area contributed by atoms with Gasteiger partial charge < -0.3 is 16.0 Å². The molecule has 3 rings (SSSR count). The van der Waals surface area contributed by atoms with Crippen molar-refractivity contribution in [2.75, 3.05) is 5.32 Å². The number of carbonyl (C=O) groups excluding carboxylic acids is 1.